The van der Waals surface area contributed by atoms with Gasteiger partial charge >= 0.3 is 0 Å². The van der Waals surface area contributed by atoms with Crippen molar-refractivity contribution >= 4 is 33.8 Å². The fourth-order valence-corrected chi connectivity index (χ4v) is 11.1. The summed E-state index contributed by atoms with van der Waals surface area (Å²) >= 11 is 7.02. The van der Waals surface area contributed by atoms with Crippen molar-refractivity contribution in [3.05, 3.63) is 158 Å². The first kappa shape index (κ1) is 27.1. The molecule has 2 aliphatic rings. The van der Waals surface area contributed by atoms with E-state index in [2.05, 4.69) is 132 Å². The Kier molecular flexibility index (Phi) is 6.28. The van der Waals surface area contributed by atoms with Crippen molar-refractivity contribution in [2.24, 2.45) is 0 Å². The molecule has 0 radical (unpaired) electrons. The van der Waals surface area contributed by atoms with Crippen LogP contribution in [-0.4, -0.2) is 4.98 Å². The molecule has 3 nitrogen and oxygen atoms in total. The predicted octanol–water partition coefficient (Wildman–Crippen LogP) is 9.72. The van der Waals surface area contributed by atoms with Gasteiger partial charge in [0.1, 0.15) is 23.0 Å². The van der Waals surface area contributed by atoms with E-state index in [1.165, 1.54) is 0 Å². The molecule has 1 unspecified atom stereocenters. The van der Waals surface area contributed by atoms with Crippen LogP contribution in [0.4, 0.5) is 0 Å². The molecule has 0 amide bonds. The van der Waals surface area contributed by atoms with Crippen LogP contribution in [0.1, 0.15) is 0 Å². The van der Waals surface area contributed by atoms with Gasteiger partial charge in [-0.1, -0.05) is 115 Å². The van der Waals surface area contributed by atoms with Crippen molar-refractivity contribution < 1.29 is 9.47 Å². The average Bonchev–Trinajstić information content (AvgIpc) is 3.13. The Bertz CT molecular complexity index is 2270. The highest BCUT2D eigenvalue weighted by atomic mass is 32.4. The van der Waals surface area contributed by atoms with Gasteiger partial charge < -0.3 is 9.47 Å². The largest absolute Gasteiger partial charge is 0.456 e. The molecule has 6 aromatic carbocycles. The van der Waals surface area contributed by atoms with Crippen LogP contribution in [0.15, 0.2) is 158 Å². The maximum atomic E-state index is 7.02. The number of aromatic nitrogens is 1. The van der Waals surface area contributed by atoms with Crippen molar-refractivity contribution in [1.29, 1.82) is 0 Å². The minimum atomic E-state index is -2.64. The summed E-state index contributed by atoms with van der Waals surface area (Å²) in [6.45, 7) is 0. The van der Waals surface area contributed by atoms with Gasteiger partial charge in [-0.15, -0.1) is 0 Å². The van der Waals surface area contributed by atoms with Crippen LogP contribution in [0.3, 0.4) is 0 Å². The van der Waals surface area contributed by atoms with Crippen molar-refractivity contribution in [1.82, 2.24) is 4.98 Å². The molecular weight excluding hydrogens is 601 g/mol. The Balaban J connectivity index is 1.27. The SMILES string of the molecule is S=P12c3cc(-c4ccccc4)ccc3Oc3ccc(-c4ccc(-c5cccnc5)cc4)c(c31)Oc1ccc(-c3ccccc3)cc12. The first-order chi connectivity index (χ1) is 22.7. The summed E-state index contributed by atoms with van der Waals surface area (Å²) in [7, 11) is 0. The Morgan fingerprint density at radius 2 is 0.978 bits per heavy atom. The lowest BCUT2D eigenvalue weighted by Crippen LogP contribution is -2.35. The summed E-state index contributed by atoms with van der Waals surface area (Å²) in [5, 5.41) is 3.08. The fourth-order valence-electron chi connectivity index (χ4n) is 6.56. The topological polar surface area (TPSA) is 31.4 Å². The smallest absolute Gasteiger partial charge is 0.148 e. The van der Waals surface area contributed by atoms with E-state index < -0.39 is 6.04 Å². The molecule has 5 heteroatoms. The molecule has 218 valence electrons. The minimum absolute atomic E-state index is 0.768. The zero-order valence-corrected chi connectivity index (χ0v) is 26.3. The molecule has 0 bridgehead atoms. The number of pyridine rings is 1. The lowest BCUT2D eigenvalue weighted by molar-refractivity contribution is 0.467. The maximum Gasteiger partial charge on any atom is 0.148 e. The second-order valence-electron chi connectivity index (χ2n) is 11.5. The molecule has 1 atom stereocenters. The molecule has 1 aromatic heterocycles. The highest BCUT2D eigenvalue weighted by Gasteiger charge is 2.44. The standard InChI is InChI=1S/C41H26NO2PS/c46-45-38-24-31(27-8-3-1-4-9-27)17-20-35(38)43-37-22-19-34(30-15-13-29(14-16-30)33-12-7-23-42-26-33)40(41(37)45)44-36-21-18-32(25-39(36)45)28-10-5-2-6-11-28/h1-26H. The van der Waals surface area contributed by atoms with E-state index in [9.17, 15) is 0 Å². The number of hydrogen-bond donors (Lipinski definition) is 0. The molecule has 0 fully saturated rings. The molecule has 7 aromatic rings. The Morgan fingerprint density at radius 1 is 0.457 bits per heavy atom. The van der Waals surface area contributed by atoms with Crippen LogP contribution >= 0.6 is 6.04 Å². The first-order valence-corrected chi connectivity index (χ1v) is 18.0. The number of ether oxygens (including phenoxy) is 2. The second-order valence-corrected chi connectivity index (χ2v) is 15.8. The number of benzene rings is 6. The maximum absolute atomic E-state index is 7.02. The van der Waals surface area contributed by atoms with Gasteiger partial charge in [-0.3, -0.25) is 4.98 Å². The van der Waals surface area contributed by atoms with Gasteiger partial charge in [0.2, 0.25) is 0 Å². The lowest BCUT2D eigenvalue weighted by Gasteiger charge is -2.38. The number of rotatable bonds is 4. The molecule has 0 aliphatic carbocycles. The third-order valence-electron chi connectivity index (χ3n) is 8.84. The highest BCUT2D eigenvalue weighted by molar-refractivity contribution is 8.26. The van der Waals surface area contributed by atoms with Gasteiger partial charge in [0.05, 0.1) is 11.3 Å². The van der Waals surface area contributed by atoms with Gasteiger partial charge in [0.15, 0.2) is 0 Å². The van der Waals surface area contributed by atoms with Crippen molar-refractivity contribution in [3.63, 3.8) is 0 Å². The molecule has 9 rings (SSSR count). The monoisotopic (exact) mass is 627 g/mol. The van der Waals surface area contributed by atoms with Crippen LogP contribution in [0.2, 0.25) is 0 Å². The fraction of sp³-hybridized carbons (Fsp3) is 0. The zero-order chi connectivity index (χ0) is 30.7. The Labute approximate surface area is 272 Å². The highest BCUT2D eigenvalue weighted by Crippen LogP contribution is 2.60. The molecule has 2 aliphatic heterocycles. The number of nitrogens with zero attached hydrogens (tertiary/aromatic N) is 1. The van der Waals surface area contributed by atoms with E-state index in [-0.39, 0.29) is 0 Å². The predicted molar refractivity (Wildman–Crippen MR) is 192 cm³/mol. The molecule has 46 heavy (non-hydrogen) atoms. The molecule has 0 saturated carbocycles. The summed E-state index contributed by atoms with van der Waals surface area (Å²) in [6.07, 6.45) is 3.68. The normalized spacial score (nSPS) is 15.5. The van der Waals surface area contributed by atoms with Gasteiger partial charge in [0.25, 0.3) is 0 Å². The third kappa shape index (κ3) is 4.26. The van der Waals surface area contributed by atoms with Crippen LogP contribution in [0.5, 0.6) is 23.0 Å². The summed E-state index contributed by atoms with van der Waals surface area (Å²) in [5.74, 6) is 3.17. The number of fused-ring (bicyclic) bond motifs is 4. The van der Waals surface area contributed by atoms with Crippen molar-refractivity contribution in [2.45, 2.75) is 0 Å². The van der Waals surface area contributed by atoms with Gasteiger partial charge in [-0.2, -0.15) is 0 Å². The van der Waals surface area contributed by atoms with E-state index in [4.69, 9.17) is 21.3 Å². The minimum Gasteiger partial charge on any atom is -0.456 e. The lowest BCUT2D eigenvalue weighted by atomic mass is 10.00. The molecule has 3 heterocycles. The molecule has 0 saturated heterocycles. The van der Waals surface area contributed by atoms with Crippen LogP contribution < -0.4 is 25.4 Å². The van der Waals surface area contributed by atoms with Crippen LogP contribution in [0, 0.1) is 0 Å². The summed E-state index contributed by atoms with van der Waals surface area (Å²) in [5.41, 5.74) is 8.76. The van der Waals surface area contributed by atoms with Gasteiger partial charge in [-0.05, 0) is 81.4 Å². The van der Waals surface area contributed by atoms with Crippen LogP contribution in [0.25, 0.3) is 44.5 Å². The third-order valence-corrected chi connectivity index (χ3v) is 13.7. The summed E-state index contributed by atoms with van der Waals surface area (Å²) in [6, 6.07) is 47.9. The van der Waals surface area contributed by atoms with Gasteiger partial charge in [0, 0.05) is 28.6 Å². The van der Waals surface area contributed by atoms with E-state index in [1.54, 1.807) is 6.20 Å². The average molecular weight is 628 g/mol. The van der Waals surface area contributed by atoms with E-state index >= 15 is 0 Å². The molecular formula is C41H26NO2PS. The summed E-state index contributed by atoms with van der Waals surface area (Å²) < 4.78 is 13.5. The second kappa shape index (κ2) is 10.7. The van der Waals surface area contributed by atoms with E-state index in [1.807, 2.05) is 24.4 Å². The molecule has 0 N–H and O–H groups in total. The van der Waals surface area contributed by atoms with E-state index in [0.29, 0.717) is 0 Å². The van der Waals surface area contributed by atoms with Gasteiger partial charge in [-0.25, -0.2) is 0 Å². The quantitative estimate of drug-likeness (QED) is 0.182. The van der Waals surface area contributed by atoms with Crippen molar-refractivity contribution in [3.8, 4) is 67.5 Å². The van der Waals surface area contributed by atoms with Crippen molar-refractivity contribution in [2.75, 3.05) is 0 Å². The summed E-state index contributed by atoms with van der Waals surface area (Å²) in [4.78, 5) is 4.29. The van der Waals surface area contributed by atoms with E-state index in [0.717, 1.165) is 83.4 Å². The Hall–Kier alpha value is -5.28. The number of hydrogen-bond acceptors (Lipinski definition) is 4. The first-order valence-electron chi connectivity index (χ1n) is 15.2. The zero-order valence-electron chi connectivity index (χ0n) is 24.6. The molecule has 0 spiro atoms. The Morgan fingerprint density at radius 3 is 1.59 bits per heavy atom. The van der Waals surface area contributed by atoms with Crippen LogP contribution in [-0.2, 0) is 11.8 Å².